The molecule has 0 saturated heterocycles. The van der Waals surface area contributed by atoms with Gasteiger partial charge in [-0.2, -0.15) is 4.98 Å². The maximum atomic E-state index is 5.45. The van der Waals surface area contributed by atoms with Gasteiger partial charge in [-0.25, -0.2) is 4.98 Å². The number of nitrogens with one attached hydrogen (secondary N) is 2. The van der Waals surface area contributed by atoms with Crippen molar-refractivity contribution in [3.05, 3.63) is 48.8 Å². The highest BCUT2D eigenvalue weighted by Crippen LogP contribution is 2.35. The molecule has 0 aliphatic carbocycles. The summed E-state index contributed by atoms with van der Waals surface area (Å²) in [5.41, 5.74) is 2.65. The van der Waals surface area contributed by atoms with Gasteiger partial charge in [0.25, 0.3) is 0 Å². The summed E-state index contributed by atoms with van der Waals surface area (Å²) in [5.74, 6) is 2.72. The van der Waals surface area contributed by atoms with Crippen molar-refractivity contribution in [3.63, 3.8) is 0 Å². The number of ether oxygens (including phenoxy) is 2. The van der Waals surface area contributed by atoms with E-state index in [1.54, 1.807) is 12.4 Å². The van der Waals surface area contributed by atoms with Crippen molar-refractivity contribution in [2.45, 2.75) is 0 Å². The second-order valence-electron chi connectivity index (χ2n) is 6.62. The van der Waals surface area contributed by atoms with E-state index >= 15 is 0 Å². The molecule has 144 valence electrons. The zero-order chi connectivity index (χ0) is 19.3. The normalized spacial score (nSPS) is 12.2. The number of aromatic nitrogens is 3. The van der Waals surface area contributed by atoms with Crippen LogP contribution in [0.2, 0.25) is 0 Å². The molecule has 1 aliphatic heterocycles. The minimum atomic E-state index is 0.248. The predicted octanol–water partition coefficient (Wildman–Crippen LogP) is 2.98. The summed E-state index contributed by atoms with van der Waals surface area (Å²) in [4.78, 5) is 15.4. The van der Waals surface area contributed by atoms with Crippen LogP contribution in [-0.4, -0.2) is 53.8 Å². The summed E-state index contributed by atoms with van der Waals surface area (Å²) >= 11 is 0. The Bertz CT molecular complexity index is 949. The molecule has 0 fully saturated rings. The Hall–Kier alpha value is -3.39. The van der Waals surface area contributed by atoms with E-state index < -0.39 is 0 Å². The molecular weight excluding hydrogens is 356 g/mol. The van der Waals surface area contributed by atoms with Gasteiger partial charge in [-0.15, -0.1) is 0 Å². The van der Waals surface area contributed by atoms with Gasteiger partial charge in [0.1, 0.15) is 5.82 Å². The second kappa shape index (κ2) is 8.10. The highest BCUT2D eigenvalue weighted by molar-refractivity contribution is 5.68. The van der Waals surface area contributed by atoms with Crippen LogP contribution in [0.4, 0.5) is 17.5 Å². The third kappa shape index (κ3) is 4.29. The van der Waals surface area contributed by atoms with Crippen LogP contribution < -0.4 is 20.1 Å². The van der Waals surface area contributed by atoms with Gasteiger partial charge >= 0.3 is 0 Å². The molecule has 3 heterocycles. The molecule has 4 rings (SSSR count). The van der Waals surface area contributed by atoms with Gasteiger partial charge in [-0.1, -0.05) is 0 Å². The van der Waals surface area contributed by atoms with Crippen molar-refractivity contribution in [2.24, 2.45) is 0 Å². The summed E-state index contributed by atoms with van der Waals surface area (Å²) in [6, 6.07) is 11.5. The molecule has 0 radical (unpaired) electrons. The summed E-state index contributed by atoms with van der Waals surface area (Å²) in [6.45, 7) is 1.88. The number of likely N-dealkylation sites (N-methyl/N-ethyl adjacent to an activating group) is 1. The smallest absolute Gasteiger partial charge is 0.231 e. The van der Waals surface area contributed by atoms with Crippen LogP contribution in [-0.2, 0) is 0 Å². The van der Waals surface area contributed by atoms with Crippen molar-refractivity contribution >= 4 is 17.5 Å². The average Bonchev–Trinajstić information content (AvgIpc) is 3.16. The van der Waals surface area contributed by atoms with E-state index in [0.29, 0.717) is 11.8 Å². The quantitative estimate of drug-likeness (QED) is 0.649. The van der Waals surface area contributed by atoms with Gasteiger partial charge in [0.15, 0.2) is 11.5 Å². The van der Waals surface area contributed by atoms with Gasteiger partial charge in [0, 0.05) is 48.9 Å². The minimum Gasteiger partial charge on any atom is -0.454 e. The van der Waals surface area contributed by atoms with Crippen LogP contribution in [0.5, 0.6) is 11.5 Å². The van der Waals surface area contributed by atoms with E-state index in [4.69, 9.17) is 9.47 Å². The Morgan fingerprint density at radius 3 is 2.64 bits per heavy atom. The first-order valence-electron chi connectivity index (χ1n) is 9.02. The zero-order valence-corrected chi connectivity index (χ0v) is 15.8. The highest BCUT2D eigenvalue weighted by Gasteiger charge is 2.14. The van der Waals surface area contributed by atoms with Gasteiger partial charge in [-0.3, -0.25) is 4.98 Å². The number of rotatable bonds is 7. The Labute approximate surface area is 163 Å². The molecule has 8 heteroatoms. The van der Waals surface area contributed by atoms with Crippen LogP contribution >= 0.6 is 0 Å². The number of pyridine rings is 1. The first-order valence-corrected chi connectivity index (χ1v) is 9.02. The minimum absolute atomic E-state index is 0.248. The maximum Gasteiger partial charge on any atom is 0.231 e. The summed E-state index contributed by atoms with van der Waals surface area (Å²) in [7, 11) is 4.06. The Kier molecular flexibility index (Phi) is 5.20. The topological polar surface area (TPSA) is 84.4 Å². The van der Waals surface area contributed by atoms with Gasteiger partial charge in [-0.05, 0) is 38.4 Å². The molecule has 0 spiro atoms. The first kappa shape index (κ1) is 18.0. The fourth-order valence-electron chi connectivity index (χ4n) is 2.77. The van der Waals surface area contributed by atoms with Crippen molar-refractivity contribution < 1.29 is 9.47 Å². The molecule has 1 aliphatic rings. The van der Waals surface area contributed by atoms with Gasteiger partial charge in [0.05, 0.1) is 5.69 Å². The highest BCUT2D eigenvalue weighted by atomic mass is 16.7. The van der Waals surface area contributed by atoms with E-state index in [-0.39, 0.29) is 6.79 Å². The number of hydrogen-bond donors (Lipinski definition) is 2. The van der Waals surface area contributed by atoms with Crippen LogP contribution in [0.25, 0.3) is 11.3 Å². The lowest BCUT2D eigenvalue weighted by molar-refractivity contribution is 0.174. The average molecular weight is 378 g/mol. The molecule has 2 N–H and O–H groups in total. The van der Waals surface area contributed by atoms with Gasteiger partial charge < -0.3 is 25.0 Å². The number of nitrogens with zero attached hydrogens (tertiary/aromatic N) is 4. The van der Waals surface area contributed by atoms with E-state index in [9.17, 15) is 0 Å². The third-order valence-corrected chi connectivity index (χ3v) is 4.19. The maximum absolute atomic E-state index is 5.45. The van der Waals surface area contributed by atoms with Crippen molar-refractivity contribution in [1.82, 2.24) is 19.9 Å². The molecule has 8 nitrogen and oxygen atoms in total. The number of benzene rings is 1. The lowest BCUT2D eigenvalue weighted by atomic mass is 10.2. The molecule has 1 aromatic carbocycles. The second-order valence-corrected chi connectivity index (χ2v) is 6.62. The van der Waals surface area contributed by atoms with Crippen molar-refractivity contribution in [3.8, 4) is 22.8 Å². The SMILES string of the molecule is CN(C)CCNc1nc(Nc2ccc3c(c2)OCO3)cc(-c2ccncc2)n1. The molecule has 0 amide bonds. The largest absolute Gasteiger partial charge is 0.454 e. The molecule has 0 atom stereocenters. The number of hydrogen-bond acceptors (Lipinski definition) is 8. The van der Waals surface area contributed by atoms with Crippen molar-refractivity contribution in [2.75, 3.05) is 44.6 Å². The summed E-state index contributed by atoms with van der Waals surface area (Å²) < 4.78 is 10.8. The Morgan fingerprint density at radius 1 is 1.00 bits per heavy atom. The van der Waals surface area contributed by atoms with E-state index in [0.717, 1.165) is 41.5 Å². The number of anilines is 3. The molecule has 0 saturated carbocycles. The molecular formula is C20H22N6O2. The molecule has 3 aromatic rings. The fraction of sp³-hybridized carbons (Fsp3) is 0.250. The number of fused-ring (bicyclic) bond motifs is 1. The Morgan fingerprint density at radius 2 is 1.82 bits per heavy atom. The molecule has 0 bridgehead atoms. The van der Waals surface area contributed by atoms with Crippen LogP contribution in [0.3, 0.4) is 0 Å². The van der Waals surface area contributed by atoms with E-state index in [1.807, 2.05) is 50.5 Å². The predicted molar refractivity (Wildman–Crippen MR) is 108 cm³/mol. The standard InChI is InChI=1S/C20H22N6O2/c1-26(2)10-9-22-20-24-16(14-5-7-21-8-6-14)12-19(25-20)23-15-3-4-17-18(11-15)28-13-27-17/h3-8,11-12H,9-10,13H2,1-2H3,(H2,22,23,24,25). The monoisotopic (exact) mass is 378 g/mol. The molecule has 0 unspecified atom stereocenters. The van der Waals surface area contributed by atoms with Crippen LogP contribution in [0.15, 0.2) is 48.8 Å². The lowest BCUT2D eigenvalue weighted by Gasteiger charge is -2.13. The van der Waals surface area contributed by atoms with E-state index in [1.165, 1.54) is 0 Å². The molecule has 28 heavy (non-hydrogen) atoms. The Balaban J connectivity index is 1.61. The first-order chi connectivity index (χ1) is 13.7. The van der Waals surface area contributed by atoms with E-state index in [2.05, 4.69) is 30.5 Å². The lowest BCUT2D eigenvalue weighted by Crippen LogP contribution is -2.21. The molecule has 2 aromatic heterocycles. The zero-order valence-electron chi connectivity index (χ0n) is 15.8. The fourth-order valence-corrected chi connectivity index (χ4v) is 2.77. The third-order valence-electron chi connectivity index (χ3n) is 4.19. The summed E-state index contributed by atoms with van der Waals surface area (Å²) in [5, 5.41) is 6.62. The van der Waals surface area contributed by atoms with Gasteiger partial charge in [0.2, 0.25) is 12.7 Å². The van der Waals surface area contributed by atoms with Crippen molar-refractivity contribution in [1.29, 1.82) is 0 Å². The van der Waals surface area contributed by atoms with Crippen LogP contribution in [0, 0.1) is 0 Å². The van der Waals surface area contributed by atoms with Crippen LogP contribution in [0.1, 0.15) is 0 Å². The summed E-state index contributed by atoms with van der Waals surface area (Å²) in [6.07, 6.45) is 3.50.